The fraction of sp³-hybridized carbons (Fsp3) is 0.0182. The molecule has 0 amide bonds. The van der Waals surface area contributed by atoms with Gasteiger partial charge in [-0.1, -0.05) is 140 Å². The topological polar surface area (TPSA) is 54.8 Å². The highest BCUT2D eigenvalue weighted by Gasteiger charge is 2.27. The Balaban J connectivity index is 1.09. The van der Waals surface area contributed by atoms with E-state index in [1.807, 2.05) is 6.07 Å². The number of rotatable bonds is 5. The smallest absolute Gasteiger partial charge is 0.160 e. The summed E-state index contributed by atoms with van der Waals surface area (Å²) in [6, 6.07) is 69.1. The first-order chi connectivity index (χ1) is 30.2. The van der Waals surface area contributed by atoms with Gasteiger partial charge in [0.25, 0.3) is 0 Å². The van der Waals surface area contributed by atoms with E-state index in [0.717, 1.165) is 66.5 Å². The number of hydrogen-bond acceptors (Lipinski definition) is 5. The Morgan fingerprint density at radius 2 is 1.23 bits per heavy atom. The van der Waals surface area contributed by atoms with E-state index in [2.05, 4.69) is 198 Å². The van der Waals surface area contributed by atoms with Gasteiger partial charge in [-0.25, -0.2) is 9.98 Å². The Bertz CT molecular complexity index is 3810. The van der Waals surface area contributed by atoms with Crippen molar-refractivity contribution in [3.63, 3.8) is 0 Å². The Morgan fingerprint density at radius 1 is 0.508 bits per heavy atom. The third kappa shape index (κ3) is 5.39. The average Bonchev–Trinajstić information content (AvgIpc) is 4.00. The maximum absolute atomic E-state index is 6.85. The summed E-state index contributed by atoms with van der Waals surface area (Å²) in [7, 11) is 0. The van der Waals surface area contributed by atoms with Crippen LogP contribution in [-0.4, -0.2) is 16.2 Å². The molecule has 0 fully saturated rings. The molecule has 61 heavy (non-hydrogen) atoms. The van der Waals surface area contributed by atoms with Gasteiger partial charge in [0, 0.05) is 53.0 Å². The number of hydrogen-bond donors (Lipinski definition) is 1. The van der Waals surface area contributed by atoms with Crippen LogP contribution in [-0.2, 0) is 0 Å². The maximum atomic E-state index is 6.85. The minimum Gasteiger partial charge on any atom is -0.455 e. The van der Waals surface area contributed by atoms with E-state index in [9.17, 15) is 0 Å². The molecule has 286 valence electrons. The molecular formula is C55H34N4OS. The van der Waals surface area contributed by atoms with E-state index in [4.69, 9.17) is 14.4 Å². The Hall–Kier alpha value is -7.80. The summed E-state index contributed by atoms with van der Waals surface area (Å²) in [4.78, 5) is 11.0. The second-order valence-electron chi connectivity index (χ2n) is 15.8. The zero-order valence-electron chi connectivity index (χ0n) is 32.7. The fourth-order valence-electron chi connectivity index (χ4n) is 9.41. The third-order valence-corrected chi connectivity index (χ3v) is 13.3. The molecule has 0 bridgehead atoms. The lowest BCUT2D eigenvalue weighted by Crippen LogP contribution is -2.33. The normalized spacial score (nSPS) is 14.4. The van der Waals surface area contributed by atoms with Crippen molar-refractivity contribution in [2.75, 3.05) is 0 Å². The van der Waals surface area contributed by atoms with Gasteiger partial charge < -0.3 is 14.3 Å². The minimum absolute atomic E-state index is 0.436. The van der Waals surface area contributed by atoms with Gasteiger partial charge in [0.2, 0.25) is 0 Å². The number of thiophene rings is 1. The molecule has 12 aromatic rings. The monoisotopic (exact) mass is 798 g/mol. The van der Waals surface area contributed by atoms with Gasteiger partial charge >= 0.3 is 0 Å². The van der Waals surface area contributed by atoms with Crippen LogP contribution in [0.15, 0.2) is 209 Å². The highest BCUT2D eigenvalue weighted by Crippen LogP contribution is 2.41. The highest BCUT2D eigenvalue weighted by atomic mass is 32.1. The van der Waals surface area contributed by atoms with E-state index < -0.39 is 6.17 Å². The standard InChI is InChI=1S/C55H34N4OS/c1-2-14-33(15-3-1)34-18-12-19-37(28-34)53-56-54(42-23-13-27-50-51(42)41-22-8-11-26-49(41)61-50)58-55(57-53)45-32-38(31-44-40-21-7-10-25-48(40)60-52(44)45)59-46-24-9-6-20-39(46)43-29-35-16-4-5-17-36(35)30-47(43)59/h1-32,53H,(H,56,57,58). The lowest BCUT2D eigenvalue weighted by Gasteiger charge is -2.25. The first-order valence-electron chi connectivity index (χ1n) is 20.6. The van der Waals surface area contributed by atoms with Crippen LogP contribution in [0.5, 0.6) is 0 Å². The SMILES string of the molecule is c1ccc(-c2cccc(C3N=C(c4cccc5sc6ccccc6c45)N=C(c4cc(-n5c6ccccc6c6cc7ccccc7cc65)cc5c4oc4ccccc45)N3)c2)cc1. The number of nitrogens with one attached hydrogen (secondary N) is 1. The van der Waals surface area contributed by atoms with Crippen LogP contribution < -0.4 is 5.32 Å². The summed E-state index contributed by atoms with van der Waals surface area (Å²) in [5.74, 6) is 1.38. The molecule has 13 rings (SSSR count). The number of para-hydroxylation sites is 2. The summed E-state index contributed by atoms with van der Waals surface area (Å²) in [6.45, 7) is 0. The Morgan fingerprint density at radius 3 is 2.13 bits per heavy atom. The second-order valence-corrected chi connectivity index (χ2v) is 16.8. The number of benzene rings is 9. The average molecular weight is 799 g/mol. The zero-order chi connectivity index (χ0) is 40.0. The van der Waals surface area contributed by atoms with Gasteiger partial charge in [0.15, 0.2) is 5.84 Å². The molecule has 6 heteroatoms. The molecule has 1 aliphatic heterocycles. The van der Waals surface area contributed by atoms with Gasteiger partial charge in [-0.15, -0.1) is 11.3 Å². The summed E-state index contributed by atoms with van der Waals surface area (Å²) in [5.41, 5.74) is 10.1. The Labute approximate surface area is 354 Å². The van der Waals surface area contributed by atoms with Crippen LogP contribution in [0.3, 0.4) is 0 Å². The predicted octanol–water partition coefficient (Wildman–Crippen LogP) is 14.4. The molecule has 0 aliphatic carbocycles. The van der Waals surface area contributed by atoms with Crippen molar-refractivity contribution in [2.24, 2.45) is 9.98 Å². The first-order valence-corrected chi connectivity index (χ1v) is 21.4. The highest BCUT2D eigenvalue weighted by molar-refractivity contribution is 7.25. The van der Waals surface area contributed by atoms with E-state index >= 15 is 0 Å². The van der Waals surface area contributed by atoms with Crippen LogP contribution >= 0.6 is 11.3 Å². The van der Waals surface area contributed by atoms with Gasteiger partial charge in [0.1, 0.15) is 23.2 Å². The Kier molecular flexibility index (Phi) is 7.47. The summed E-state index contributed by atoms with van der Waals surface area (Å²) >= 11 is 1.80. The fourth-order valence-corrected chi connectivity index (χ4v) is 10.5. The van der Waals surface area contributed by atoms with Crippen molar-refractivity contribution in [1.29, 1.82) is 0 Å². The molecule has 1 atom stereocenters. The lowest BCUT2D eigenvalue weighted by molar-refractivity contribution is 0.659. The van der Waals surface area contributed by atoms with E-state index in [1.165, 1.54) is 41.7 Å². The minimum atomic E-state index is -0.436. The largest absolute Gasteiger partial charge is 0.455 e. The molecule has 3 aromatic heterocycles. The van der Waals surface area contributed by atoms with Crippen LogP contribution in [0.4, 0.5) is 0 Å². The van der Waals surface area contributed by atoms with Gasteiger partial charge in [-0.2, -0.15) is 0 Å². The number of furan rings is 1. The number of nitrogens with zero attached hydrogens (tertiary/aromatic N) is 3. The van der Waals surface area contributed by atoms with Crippen molar-refractivity contribution < 1.29 is 4.42 Å². The van der Waals surface area contributed by atoms with E-state index in [0.29, 0.717) is 11.7 Å². The van der Waals surface area contributed by atoms with Crippen molar-refractivity contribution in [3.05, 3.63) is 211 Å². The summed E-state index contributed by atoms with van der Waals surface area (Å²) in [5, 5.41) is 13.1. The van der Waals surface area contributed by atoms with Crippen molar-refractivity contribution in [1.82, 2.24) is 9.88 Å². The predicted molar refractivity (Wildman–Crippen MR) is 256 cm³/mol. The molecule has 4 heterocycles. The number of aliphatic imine (C=N–C) groups is 2. The summed E-state index contributed by atoms with van der Waals surface area (Å²) in [6.07, 6.45) is -0.436. The molecule has 0 radical (unpaired) electrons. The molecule has 1 N–H and O–H groups in total. The second kappa shape index (κ2) is 13.4. The molecule has 0 saturated carbocycles. The van der Waals surface area contributed by atoms with Crippen LogP contribution in [0.2, 0.25) is 0 Å². The maximum Gasteiger partial charge on any atom is 0.160 e. The molecule has 9 aromatic carbocycles. The molecule has 1 unspecified atom stereocenters. The van der Waals surface area contributed by atoms with Gasteiger partial charge in [-0.3, -0.25) is 0 Å². The van der Waals surface area contributed by atoms with Crippen molar-refractivity contribution in [3.8, 4) is 16.8 Å². The third-order valence-electron chi connectivity index (χ3n) is 12.2. The molecule has 1 aliphatic rings. The summed E-state index contributed by atoms with van der Waals surface area (Å²) < 4.78 is 11.7. The molecule has 0 spiro atoms. The number of amidine groups is 2. The van der Waals surface area contributed by atoms with Gasteiger partial charge in [0.05, 0.1) is 16.6 Å². The molecule has 5 nitrogen and oxygen atoms in total. The quantitative estimate of drug-likeness (QED) is 0.189. The van der Waals surface area contributed by atoms with Crippen LogP contribution in [0, 0.1) is 0 Å². The van der Waals surface area contributed by atoms with Crippen molar-refractivity contribution >= 4 is 97.7 Å². The van der Waals surface area contributed by atoms with E-state index in [1.54, 1.807) is 11.3 Å². The number of aromatic nitrogens is 1. The van der Waals surface area contributed by atoms with Crippen molar-refractivity contribution in [2.45, 2.75) is 6.17 Å². The van der Waals surface area contributed by atoms with Crippen LogP contribution in [0.1, 0.15) is 22.9 Å². The van der Waals surface area contributed by atoms with Gasteiger partial charge in [-0.05, 0) is 82.1 Å². The molecular weight excluding hydrogens is 765 g/mol. The zero-order valence-corrected chi connectivity index (χ0v) is 33.5. The lowest BCUT2D eigenvalue weighted by atomic mass is 10.0. The van der Waals surface area contributed by atoms with Crippen LogP contribution in [0.25, 0.3) is 91.5 Å². The number of fused-ring (bicyclic) bond motifs is 10. The first kappa shape index (κ1) is 34.1. The van der Waals surface area contributed by atoms with E-state index in [-0.39, 0.29) is 0 Å². The molecule has 0 saturated heterocycles.